The van der Waals surface area contributed by atoms with Gasteiger partial charge < -0.3 is 14.9 Å². The van der Waals surface area contributed by atoms with Crippen LogP contribution in [0, 0.1) is 3.70 Å². The predicted molar refractivity (Wildman–Crippen MR) is 82.8 cm³/mol. The van der Waals surface area contributed by atoms with Gasteiger partial charge in [0.25, 0.3) is 0 Å². The number of carbonyl (C=O) groups is 1. The molecular weight excluding hydrogens is 371 g/mol. The zero-order chi connectivity index (χ0) is 14.3. The first-order chi connectivity index (χ1) is 9.56. The van der Waals surface area contributed by atoms with Crippen LogP contribution in [0.4, 0.5) is 10.6 Å². The quantitative estimate of drug-likeness (QED) is 0.787. The van der Waals surface area contributed by atoms with Gasteiger partial charge in [-0.15, -0.1) is 10.2 Å². The van der Waals surface area contributed by atoms with Crippen molar-refractivity contribution in [2.45, 2.75) is 43.8 Å². The van der Waals surface area contributed by atoms with E-state index in [0.717, 1.165) is 35.2 Å². The Labute approximate surface area is 131 Å². The summed E-state index contributed by atoms with van der Waals surface area (Å²) in [7, 11) is 2.03. The molecule has 2 aliphatic heterocycles. The molecule has 0 aliphatic carbocycles. The Morgan fingerprint density at radius 3 is 2.50 bits per heavy atom. The molecule has 2 bridgehead atoms. The number of rotatable bonds is 2. The van der Waals surface area contributed by atoms with Gasteiger partial charge in [-0.3, -0.25) is 0 Å². The molecule has 0 unspecified atom stereocenters. The predicted octanol–water partition coefficient (Wildman–Crippen LogP) is 2.19. The maximum atomic E-state index is 11.3. The molecule has 7 heteroatoms. The third-order valence-electron chi connectivity index (χ3n) is 4.46. The number of fused-ring (bicyclic) bond motifs is 2. The van der Waals surface area contributed by atoms with Crippen LogP contribution >= 0.6 is 22.6 Å². The molecule has 2 fully saturated rings. The van der Waals surface area contributed by atoms with E-state index in [1.54, 1.807) is 4.90 Å². The van der Waals surface area contributed by atoms with Crippen molar-refractivity contribution in [3.8, 4) is 0 Å². The van der Waals surface area contributed by atoms with E-state index in [2.05, 4.69) is 37.7 Å². The zero-order valence-electron chi connectivity index (χ0n) is 11.2. The van der Waals surface area contributed by atoms with Crippen LogP contribution in [0.15, 0.2) is 12.1 Å². The molecule has 20 heavy (non-hydrogen) atoms. The van der Waals surface area contributed by atoms with Crippen molar-refractivity contribution in [3.63, 3.8) is 0 Å². The number of carboxylic acid groups (broad SMARTS) is 1. The van der Waals surface area contributed by atoms with Crippen molar-refractivity contribution in [1.82, 2.24) is 15.1 Å². The molecule has 0 spiro atoms. The van der Waals surface area contributed by atoms with E-state index in [1.807, 2.05) is 19.2 Å². The Hall–Kier alpha value is -1.12. The molecule has 2 aliphatic rings. The summed E-state index contributed by atoms with van der Waals surface area (Å²) in [5.74, 6) is 0.860. The van der Waals surface area contributed by atoms with E-state index in [1.165, 1.54) is 0 Å². The average Bonchev–Trinajstić information content (AvgIpc) is 2.70. The van der Waals surface area contributed by atoms with Crippen LogP contribution in [0.25, 0.3) is 0 Å². The van der Waals surface area contributed by atoms with Crippen LogP contribution in [-0.4, -0.2) is 51.5 Å². The monoisotopic (exact) mass is 388 g/mol. The first-order valence-electron chi connectivity index (χ1n) is 6.79. The van der Waals surface area contributed by atoms with Gasteiger partial charge in [0.15, 0.2) is 5.82 Å². The Morgan fingerprint density at radius 1 is 1.35 bits per heavy atom. The van der Waals surface area contributed by atoms with E-state index in [0.29, 0.717) is 6.04 Å². The smallest absolute Gasteiger partial charge is 0.407 e. The molecule has 2 saturated heterocycles. The summed E-state index contributed by atoms with van der Waals surface area (Å²) in [5.41, 5.74) is 0. The van der Waals surface area contributed by atoms with Gasteiger partial charge in [-0.05, 0) is 60.4 Å². The fourth-order valence-corrected chi connectivity index (χ4v) is 3.75. The lowest BCUT2D eigenvalue weighted by molar-refractivity contribution is 0.0965. The Balaban J connectivity index is 1.74. The summed E-state index contributed by atoms with van der Waals surface area (Å²) in [5, 5.41) is 17.6. The van der Waals surface area contributed by atoms with Crippen molar-refractivity contribution in [2.24, 2.45) is 0 Å². The highest BCUT2D eigenvalue weighted by Crippen LogP contribution is 2.38. The number of amides is 1. The molecule has 1 aromatic heterocycles. The lowest BCUT2D eigenvalue weighted by Gasteiger charge is -2.41. The third kappa shape index (κ3) is 2.43. The minimum atomic E-state index is -0.771. The normalized spacial score (nSPS) is 28.5. The van der Waals surface area contributed by atoms with Crippen molar-refractivity contribution in [2.75, 3.05) is 11.9 Å². The first kappa shape index (κ1) is 13.8. The van der Waals surface area contributed by atoms with Gasteiger partial charge in [0.1, 0.15) is 3.70 Å². The second-order valence-electron chi connectivity index (χ2n) is 5.53. The number of anilines is 1. The molecule has 3 heterocycles. The highest BCUT2D eigenvalue weighted by atomic mass is 127. The number of halogens is 1. The van der Waals surface area contributed by atoms with E-state index in [-0.39, 0.29) is 12.1 Å². The highest BCUT2D eigenvalue weighted by molar-refractivity contribution is 14.1. The fraction of sp³-hybridized carbons (Fsp3) is 0.615. The van der Waals surface area contributed by atoms with Crippen LogP contribution in [-0.2, 0) is 0 Å². The van der Waals surface area contributed by atoms with Crippen molar-refractivity contribution in [1.29, 1.82) is 0 Å². The van der Waals surface area contributed by atoms with Gasteiger partial charge in [0, 0.05) is 25.2 Å². The molecule has 0 saturated carbocycles. The standard InChI is InChI=1S/C13H17IN4O2/c1-17(12-5-4-11(14)15-16-12)10-6-8-2-3-9(7-10)18(8)13(19)20/h4-5,8-10H,2-3,6-7H2,1H3,(H,19,20)/t8-,9+,10-. The molecule has 108 valence electrons. The van der Waals surface area contributed by atoms with E-state index >= 15 is 0 Å². The number of aromatic nitrogens is 2. The first-order valence-corrected chi connectivity index (χ1v) is 7.87. The molecule has 1 aromatic rings. The molecule has 6 nitrogen and oxygen atoms in total. The zero-order valence-corrected chi connectivity index (χ0v) is 13.4. The SMILES string of the molecule is CN(c1ccc(I)nn1)[C@@H]1C[C@H]2CC[C@@H](C1)N2C(=O)O. The molecule has 1 amide bonds. The van der Waals surface area contributed by atoms with Crippen LogP contribution in [0.3, 0.4) is 0 Å². The number of piperidine rings is 1. The van der Waals surface area contributed by atoms with E-state index in [4.69, 9.17) is 0 Å². The van der Waals surface area contributed by atoms with Crippen LogP contribution in [0.5, 0.6) is 0 Å². The second kappa shape index (κ2) is 5.34. The molecular formula is C13H17IN4O2. The van der Waals surface area contributed by atoms with E-state index < -0.39 is 6.09 Å². The lowest BCUT2D eigenvalue weighted by Crippen LogP contribution is -2.51. The summed E-state index contributed by atoms with van der Waals surface area (Å²) in [6.07, 6.45) is 2.96. The summed E-state index contributed by atoms with van der Waals surface area (Å²) in [6.45, 7) is 0. The van der Waals surface area contributed by atoms with Crippen LogP contribution < -0.4 is 4.90 Å². The molecule has 3 atom stereocenters. The van der Waals surface area contributed by atoms with E-state index in [9.17, 15) is 9.90 Å². The average molecular weight is 388 g/mol. The van der Waals surface area contributed by atoms with Gasteiger partial charge in [-0.25, -0.2) is 4.79 Å². The lowest BCUT2D eigenvalue weighted by atomic mass is 9.96. The summed E-state index contributed by atoms with van der Waals surface area (Å²) in [4.78, 5) is 15.1. The van der Waals surface area contributed by atoms with Gasteiger partial charge >= 0.3 is 6.09 Å². The van der Waals surface area contributed by atoms with Crippen LogP contribution in [0.1, 0.15) is 25.7 Å². The fourth-order valence-electron chi connectivity index (χ4n) is 3.46. The van der Waals surface area contributed by atoms with Crippen molar-refractivity contribution < 1.29 is 9.90 Å². The highest BCUT2D eigenvalue weighted by Gasteiger charge is 2.44. The Morgan fingerprint density at radius 2 is 2.00 bits per heavy atom. The molecule has 0 aromatic carbocycles. The Kier molecular flexibility index (Phi) is 3.70. The number of hydrogen-bond donors (Lipinski definition) is 1. The van der Waals surface area contributed by atoms with Gasteiger partial charge in [-0.1, -0.05) is 0 Å². The summed E-state index contributed by atoms with van der Waals surface area (Å²) in [6, 6.07) is 4.59. The molecule has 1 N–H and O–H groups in total. The van der Waals surface area contributed by atoms with Crippen molar-refractivity contribution in [3.05, 3.63) is 15.8 Å². The number of hydrogen-bond acceptors (Lipinski definition) is 4. The minimum absolute atomic E-state index is 0.163. The summed E-state index contributed by atoms with van der Waals surface area (Å²) < 4.78 is 0.875. The summed E-state index contributed by atoms with van der Waals surface area (Å²) >= 11 is 2.14. The third-order valence-corrected chi connectivity index (χ3v) is 5.03. The molecule has 0 radical (unpaired) electrons. The van der Waals surface area contributed by atoms with Gasteiger partial charge in [0.2, 0.25) is 0 Å². The largest absolute Gasteiger partial charge is 0.465 e. The maximum absolute atomic E-state index is 11.3. The number of nitrogens with zero attached hydrogens (tertiary/aromatic N) is 4. The minimum Gasteiger partial charge on any atom is -0.465 e. The van der Waals surface area contributed by atoms with Gasteiger partial charge in [0.05, 0.1) is 0 Å². The second-order valence-corrected chi connectivity index (χ2v) is 6.63. The molecule has 3 rings (SSSR count). The van der Waals surface area contributed by atoms with Gasteiger partial charge in [-0.2, -0.15) is 0 Å². The van der Waals surface area contributed by atoms with Crippen molar-refractivity contribution >= 4 is 34.5 Å². The Bertz CT molecular complexity index is 496. The van der Waals surface area contributed by atoms with Crippen LogP contribution in [0.2, 0.25) is 0 Å². The topological polar surface area (TPSA) is 69.6 Å². The maximum Gasteiger partial charge on any atom is 0.407 e.